The molecule has 0 aromatic heterocycles. The average molecular weight is 224 g/mol. The molecule has 0 N–H and O–H groups in total. The molecule has 0 amide bonds. The zero-order valence-electron chi connectivity index (χ0n) is 8.12. The molecular formula is C8H17O3PS. The van der Waals surface area contributed by atoms with Crippen molar-refractivity contribution in [1.82, 2.24) is 0 Å². The van der Waals surface area contributed by atoms with Gasteiger partial charge in [-0.15, -0.1) is 11.4 Å². The van der Waals surface area contributed by atoms with Crippen molar-refractivity contribution < 1.29 is 14.0 Å². The van der Waals surface area contributed by atoms with Crippen LogP contribution in [0.3, 0.4) is 0 Å². The molecule has 2 unspecified atom stereocenters. The summed E-state index contributed by atoms with van der Waals surface area (Å²) in [6.07, 6.45) is 2.53. The Morgan fingerprint density at radius 1 is 1.54 bits per heavy atom. The van der Waals surface area contributed by atoms with Gasteiger partial charge in [0.25, 0.3) is 0 Å². The van der Waals surface area contributed by atoms with Crippen molar-refractivity contribution in [2.45, 2.75) is 32.2 Å². The molecule has 1 aliphatic heterocycles. The lowest BCUT2D eigenvalue weighted by atomic mass is 10.3. The Bertz CT molecular complexity index is 137. The van der Waals surface area contributed by atoms with Crippen LogP contribution in [0, 0.1) is 0 Å². The van der Waals surface area contributed by atoms with Crippen LogP contribution in [0.15, 0.2) is 0 Å². The largest absolute Gasteiger partial charge is 0.356 e. The van der Waals surface area contributed by atoms with Crippen molar-refractivity contribution in [3.05, 3.63) is 0 Å². The van der Waals surface area contributed by atoms with Gasteiger partial charge in [-0.05, 0) is 13.3 Å². The van der Waals surface area contributed by atoms with Gasteiger partial charge in [-0.25, -0.2) is 0 Å². The molecule has 1 fully saturated rings. The quantitative estimate of drug-likeness (QED) is 0.511. The fourth-order valence-electron chi connectivity index (χ4n) is 1.20. The van der Waals surface area contributed by atoms with Crippen molar-refractivity contribution in [2.75, 3.05) is 19.5 Å². The lowest BCUT2D eigenvalue weighted by Crippen LogP contribution is -2.13. The maximum Gasteiger partial charge on any atom is 0.157 e. The van der Waals surface area contributed by atoms with Crippen LogP contribution in [0.4, 0.5) is 0 Å². The maximum atomic E-state index is 5.60. The second-order valence-corrected chi connectivity index (χ2v) is 5.27. The third-order valence-electron chi connectivity index (χ3n) is 1.86. The molecule has 3 nitrogen and oxygen atoms in total. The molecular weight excluding hydrogens is 207 g/mol. The molecule has 5 heteroatoms. The number of ether oxygens (including phenoxy) is 2. The van der Waals surface area contributed by atoms with Crippen molar-refractivity contribution >= 4 is 19.4 Å². The molecule has 0 bridgehead atoms. The zero-order chi connectivity index (χ0) is 9.52. The molecule has 0 saturated carbocycles. The Morgan fingerprint density at radius 3 is 3.00 bits per heavy atom. The van der Waals surface area contributed by atoms with E-state index in [1.165, 1.54) is 0 Å². The minimum absolute atomic E-state index is 0.0287. The Labute approximate surface area is 85.5 Å². The Kier molecular flexibility index (Phi) is 6.33. The molecule has 78 valence electrons. The summed E-state index contributed by atoms with van der Waals surface area (Å²) in [6.45, 7) is 2.82. The van der Waals surface area contributed by atoms with E-state index in [0.29, 0.717) is 14.1 Å². The fourth-order valence-corrected chi connectivity index (χ4v) is 3.26. The maximum absolute atomic E-state index is 5.60. The third-order valence-corrected chi connectivity index (χ3v) is 4.13. The predicted molar refractivity (Wildman–Crippen MR) is 57.3 cm³/mol. The fraction of sp³-hybridized carbons (Fsp3) is 1.00. The van der Waals surface area contributed by atoms with Gasteiger partial charge >= 0.3 is 0 Å². The van der Waals surface area contributed by atoms with E-state index >= 15 is 0 Å². The molecule has 0 aliphatic carbocycles. The van der Waals surface area contributed by atoms with Gasteiger partial charge < -0.3 is 14.0 Å². The van der Waals surface area contributed by atoms with E-state index in [1.807, 2.05) is 18.3 Å². The summed E-state index contributed by atoms with van der Waals surface area (Å²) in [5.74, 6) is 1.03. The van der Waals surface area contributed by atoms with E-state index in [1.54, 1.807) is 7.11 Å². The zero-order valence-corrected chi connectivity index (χ0v) is 9.93. The van der Waals surface area contributed by atoms with Crippen LogP contribution in [0.25, 0.3) is 0 Å². The molecule has 0 aromatic rings. The normalized spacial score (nSPS) is 29.1. The molecule has 13 heavy (non-hydrogen) atoms. The number of hydrogen-bond donors (Lipinski definition) is 0. The summed E-state index contributed by atoms with van der Waals surface area (Å²) in [6, 6.07) is 0. The van der Waals surface area contributed by atoms with Crippen LogP contribution >= 0.6 is 19.4 Å². The predicted octanol–water partition coefficient (Wildman–Crippen LogP) is 2.42. The Hall–Kier alpha value is 0.660. The van der Waals surface area contributed by atoms with Crippen molar-refractivity contribution in [1.29, 1.82) is 0 Å². The van der Waals surface area contributed by atoms with Crippen molar-refractivity contribution in [3.63, 3.8) is 0 Å². The first-order valence-corrected chi connectivity index (χ1v) is 7.15. The summed E-state index contributed by atoms with van der Waals surface area (Å²) >= 11 is 1.81. The molecule has 0 aromatic carbocycles. The summed E-state index contributed by atoms with van der Waals surface area (Å²) in [5.41, 5.74) is 0. The second kappa shape index (κ2) is 7.02. The highest BCUT2D eigenvalue weighted by molar-refractivity contribution is 8.48. The van der Waals surface area contributed by atoms with Gasteiger partial charge in [-0.3, -0.25) is 0 Å². The van der Waals surface area contributed by atoms with E-state index in [9.17, 15) is 0 Å². The Morgan fingerprint density at radius 2 is 2.38 bits per heavy atom. The van der Waals surface area contributed by atoms with Crippen LogP contribution in [-0.2, 0) is 14.0 Å². The highest BCUT2D eigenvalue weighted by Gasteiger charge is 2.24. The standard InChI is InChI=1S/C8H17O3PS/c1-3-10-12-13-6-7-4-5-8(9-2)11-7/h7-8,12H,3-6H2,1-2H3/t7-,8?/m0/s1. The molecule has 3 atom stereocenters. The monoisotopic (exact) mass is 224 g/mol. The van der Waals surface area contributed by atoms with Crippen molar-refractivity contribution in [3.8, 4) is 0 Å². The van der Waals surface area contributed by atoms with Gasteiger partial charge in [0.2, 0.25) is 0 Å². The smallest absolute Gasteiger partial charge is 0.157 e. The van der Waals surface area contributed by atoms with Crippen LogP contribution < -0.4 is 0 Å². The summed E-state index contributed by atoms with van der Waals surface area (Å²) in [7, 11) is 2.24. The van der Waals surface area contributed by atoms with E-state index in [0.717, 1.165) is 25.2 Å². The first-order chi connectivity index (χ1) is 6.36. The van der Waals surface area contributed by atoms with Crippen LogP contribution in [0.1, 0.15) is 19.8 Å². The molecule has 1 rings (SSSR count). The van der Waals surface area contributed by atoms with Crippen LogP contribution in [0.2, 0.25) is 0 Å². The average Bonchev–Trinajstić information content (AvgIpc) is 2.60. The molecule has 0 spiro atoms. The second-order valence-electron chi connectivity index (χ2n) is 2.83. The Balaban J connectivity index is 1.97. The van der Waals surface area contributed by atoms with Gasteiger partial charge in [0.15, 0.2) is 6.29 Å². The SMILES string of the molecule is CCOPSC[C@@H]1CCC(OC)O1. The lowest BCUT2D eigenvalue weighted by Gasteiger charge is -2.11. The van der Waals surface area contributed by atoms with Gasteiger partial charge in [-0.1, -0.05) is 0 Å². The molecule has 1 heterocycles. The number of methoxy groups -OCH3 is 1. The van der Waals surface area contributed by atoms with Gasteiger partial charge in [0, 0.05) is 25.9 Å². The lowest BCUT2D eigenvalue weighted by molar-refractivity contribution is -0.109. The van der Waals surface area contributed by atoms with E-state index in [4.69, 9.17) is 14.0 Å². The third kappa shape index (κ3) is 4.61. The molecule has 0 radical (unpaired) electrons. The summed E-state index contributed by atoms with van der Waals surface area (Å²) < 4.78 is 16.0. The minimum atomic E-state index is 0.0287. The van der Waals surface area contributed by atoms with E-state index in [-0.39, 0.29) is 6.29 Å². The molecule has 1 saturated heterocycles. The van der Waals surface area contributed by atoms with E-state index in [2.05, 4.69) is 0 Å². The van der Waals surface area contributed by atoms with Crippen molar-refractivity contribution in [2.24, 2.45) is 0 Å². The first-order valence-electron chi connectivity index (χ1n) is 4.53. The number of rotatable bonds is 6. The van der Waals surface area contributed by atoms with Crippen LogP contribution in [0.5, 0.6) is 0 Å². The summed E-state index contributed by atoms with van der Waals surface area (Å²) in [4.78, 5) is 0. The molecule has 1 aliphatic rings. The van der Waals surface area contributed by atoms with E-state index < -0.39 is 0 Å². The number of hydrogen-bond acceptors (Lipinski definition) is 4. The first kappa shape index (κ1) is 11.7. The minimum Gasteiger partial charge on any atom is -0.356 e. The highest BCUT2D eigenvalue weighted by atomic mass is 32.7. The van der Waals surface area contributed by atoms with Crippen LogP contribution in [-0.4, -0.2) is 31.9 Å². The highest BCUT2D eigenvalue weighted by Crippen LogP contribution is 2.33. The topological polar surface area (TPSA) is 27.7 Å². The van der Waals surface area contributed by atoms with Gasteiger partial charge in [0.05, 0.1) is 14.1 Å². The van der Waals surface area contributed by atoms with Gasteiger partial charge in [0.1, 0.15) is 0 Å². The van der Waals surface area contributed by atoms with Gasteiger partial charge in [-0.2, -0.15) is 0 Å². The summed E-state index contributed by atoms with van der Waals surface area (Å²) in [5, 5.41) is 0.